The molecule has 2 rings (SSSR count). The molecule has 1 heteroatoms. The number of rotatable bonds is 1. The first-order chi connectivity index (χ1) is 7.66. The third kappa shape index (κ3) is 2.88. The summed E-state index contributed by atoms with van der Waals surface area (Å²) in [5.41, 5.74) is 3.89. The molecule has 0 amide bonds. The first-order valence-electron chi connectivity index (χ1n) is 6.11. The van der Waals surface area contributed by atoms with E-state index in [9.17, 15) is 0 Å². The van der Waals surface area contributed by atoms with Gasteiger partial charge < -0.3 is 4.74 Å². The van der Waals surface area contributed by atoms with Crippen LogP contribution in [0.25, 0.3) is 6.08 Å². The molecule has 0 unspecified atom stereocenters. The molecule has 0 radical (unpaired) electrons. The summed E-state index contributed by atoms with van der Waals surface area (Å²) >= 11 is 0. The zero-order valence-electron chi connectivity index (χ0n) is 11.0. The molecule has 88 valence electrons. The van der Waals surface area contributed by atoms with Crippen LogP contribution in [0.4, 0.5) is 0 Å². The van der Waals surface area contributed by atoms with E-state index in [1.165, 1.54) is 16.7 Å². The number of ether oxygens (including phenoxy) is 1. The van der Waals surface area contributed by atoms with Gasteiger partial charge in [0, 0.05) is 5.56 Å². The molecule has 0 saturated carbocycles. The average Bonchev–Trinajstić information content (AvgIpc) is 2.30. The number of hydrogen-bond donors (Lipinski definition) is 0. The third-order valence-corrected chi connectivity index (χ3v) is 2.56. The molecule has 1 aliphatic rings. The summed E-state index contributed by atoms with van der Waals surface area (Å²) in [5, 5.41) is 0. The van der Waals surface area contributed by atoms with Gasteiger partial charge in [0.05, 0.1) is 0 Å². The SMILES string of the molecule is CC.CC1=Cc2cc(C(C)C)ccc2OC1. The van der Waals surface area contributed by atoms with Crippen LogP contribution in [0.5, 0.6) is 5.75 Å². The highest BCUT2D eigenvalue weighted by atomic mass is 16.5. The summed E-state index contributed by atoms with van der Waals surface area (Å²) in [6.07, 6.45) is 2.21. The van der Waals surface area contributed by atoms with E-state index in [2.05, 4.69) is 45.0 Å². The Balaban J connectivity index is 0.000000606. The lowest BCUT2D eigenvalue weighted by Crippen LogP contribution is -2.05. The second kappa shape index (κ2) is 5.74. The molecule has 1 aromatic carbocycles. The van der Waals surface area contributed by atoms with E-state index in [1.807, 2.05) is 13.8 Å². The third-order valence-electron chi connectivity index (χ3n) is 2.56. The first-order valence-corrected chi connectivity index (χ1v) is 6.11. The van der Waals surface area contributed by atoms with Gasteiger partial charge in [-0.3, -0.25) is 0 Å². The van der Waals surface area contributed by atoms with E-state index >= 15 is 0 Å². The van der Waals surface area contributed by atoms with Gasteiger partial charge in [0.25, 0.3) is 0 Å². The molecule has 1 nitrogen and oxygen atoms in total. The molecule has 0 saturated heterocycles. The second-order valence-corrected chi connectivity index (χ2v) is 4.23. The van der Waals surface area contributed by atoms with Crippen LogP contribution in [0, 0.1) is 0 Å². The topological polar surface area (TPSA) is 9.23 Å². The summed E-state index contributed by atoms with van der Waals surface area (Å²) in [7, 11) is 0. The van der Waals surface area contributed by atoms with E-state index in [0.29, 0.717) is 5.92 Å². The van der Waals surface area contributed by atoms with Gasteiger partial charge in [-0.15, -0.1) is 0 Å². The van der Waals surface area contributed by atoms with E-state index in [1.54, 1.807) is 0 Å². The Morgan fingerprint density at radius 1 is 1.19 bits per heavy atom. The highest BCUT2D eigenvalue weighted by molar-refractivity contribution is 5.62. The van der Waals surface area contributed by atoms with Crippen LogP contribution in [0.1, 0.15) is 51.7 Å². The van der Waals surface area contributed by atoms with Crippen molar-refractivity contribution in [1.29, 1.82) is 0 Å². The summed E-state index contributed by atoms with van der Waals surface area (Å²) < 4.78 is 5.60. The predicted molar refractivity (Wildman–Crippen MR) is 71.0 cm³/mol. The summed E-state index contributed by atoms with van der Waals surface area (Å²) in [6.45, 7) is 11.3. The molecule has 1 aromatic rings. The van der Waals surface area contributed by atoms with Crippen molar-refractivity contribution in [3.63, 3.8) is 0 Å². The molecule has 0 fully saturated rings. The normalized spacial score (nSPS) is 13.2. The van der Waals surface area contributed by atoms with Gasteiger partial charge in [0.15, 0.2) is 0 Å². The summed E-state index contributed by atoms with van der Waals surface area (Å²) in [6, 6.07) is 6.45. The monoisotopic (exact) mass is 218 g/mol. The minimum absolute atomic E-state index is 0.580. The molecular formula is C15H22O. The van der Waals surface area contributed by atoms with Gasteiger partial charge >= 0.3 is 0 Å². The van der Waals surface area contributed by atoms with Crippen LogP contribution in [0.15, 0.2) is 23.8 Å². The molecule has 0 N–H and O–H groups in total. The second-order valence-electron chi connectivity index (χ2n) is 4.23. The fourth-order valence-electron chi connectivity index (χ4n) is 1.67. The standard InChI is InChI=1S/C13H16O.C2H6/c1-9(2)11-4-5-13-12(7-11)6-10(3)8-14-13;1-2/h4-7,9H,8H2,1-3H3;1-2H3. The highest BCUT2D eigenvalue weighted by Crippen LogP contribution is 2.29. The van der Waals surface area contributed by atoms with Crippen LogP contribution in [0.3, 0.4) is 0 Å². The van der Waals surface area contributed by atoms with Gasteiger partial charge in [-0.2, -0.15) is 0 Å². The van der Waals surface area contributed by atoms with E-state index < -0.39 is 0 Å². The molecule has 0 bridgehead atoms. The van der Waals surface area contributed by atoms with Gasteiger partial charge in [-0.05, 0) is 42.2 Å². The minimum atomic E-state index is 0.580. The molecule has 0 atom stereocenters. The largest absolute Gasteiger partial charge is 0.489 e. The number of benzene rings is 1. The Morgan fingerprint density at radius 3 is 2.50 bits per heavy atom. The maximum atomic E-state index is 5.60. The first kappa shape index (κ1) is 12.8. The molecule has 0 aliphatic carbocycles. The molecule has 0 aromatic heterocycles. The Bertz CT molecular complexity index is 375. The van der Waals surface area contributed by atoms with Crippen LogP contribution >= 0.6 is 0 Å². The van der Waals surface area contributed by atoms with Crippen LogP contribution in [0.2, 0.25) is 0 Å². The van der Waals surface area contributed by atoms with Crippen molar-refractivity contribution < 1.29 is 4.74 Å². The molecule has 0 spiro atoms. The average molecular weight is 218 g/mol. The van der Waals surface area contributed by atoms with Crippen molar-refractivity contribution in [3.8, 4) is 5.75 Å². The highest BCUT2D eigenvalue weighted by Gasteiger charge is 2.10. The van der Waals surface area contributed by atoms with Crippen molar-refractivity contribution in [2.75, 3.05) is 6.61 Å². The van der Waals surface area contributed by atoms with Crippen LogP contribution in [-0.2, 0) is 0 Å². The maximum absolute atomic E-state index is 5.60. The molecule has 16 heavy (non-hydrogen) atoms. The van der Waals surface area contributed by atoms with Gasteiger partial charge in [0.1, 0.15) is 12.4 Å². The summed E-state index contributed by atoms with van der Waals surface area (Å²) in [4.78, 5) is 0. The summed E-state index contributed by atoms with van der Waals surface area (Å²) in [5.74, 6) is 1.59. The zero-order valence-corrected chi connectivity index (χ0v) is 11.0. The Hall–Kier alpha value is -1.24. The smallest absolute Gasteiger partial charge is 0.127 e. The lowest BCUT2D eigenvalue weighted by molar-refractivity contribution is 0.347. The van der Waals surface area contributed by atoms with Crippen molar-refractivity contribution in [3.05, 3.63) is 34.9 Å². The van der Waals surface area contributed by atoms with Gasteiger partial charge in [0.2, 0.25) is 0 Å². The van der Waals surface area contributed by atoms with Gasteiger partial charge in [-0.25, -0.2) is 0 Å². The molecule has 1 heterocycles. The van der Waals surface area contributed by atoms with E-state index in [-0.39, 0.29) is 0 Å². The van der Waals surface area contributed by atoms with Crippen molar-refractivity contribution in [2.24, 2.45) is 0 Å². The maximum Gasteiger partial charge on any atom is 0.127 e. The Labute approximate surface area is 99.1 Å². The Kier molecular flexibility index (Phi) is 4.60. The van der Waals surface area contributed by atoms with E-state index in [4.69, 9.17) is 4.74 Å². The van der Waals surface area contributed by atoms with E-state index in [0.717, 1.165) is 12.4 Å². The lowest BCUT2D eigenvalue weighted by Gasteiger charge is -2.17. The lowest BCUT2D eigenvalue weighted by atomic mass is 9.98. The van der Waals surface area contributed by atoms with Gasteiger partial charge in [-0.1, -0.05) is 33.8 Å². The number of hydrogen-bond acceptors (Lipinski definition) is 1. The Morgan fingerprint density at radius 2 is 1.88 bits per heavy atom. The van der Waals surface area contributed by atoms with Crippen molar-refractivity contribution in [2.45, 2.75) is 40.5 Å². The fourth-order valence-corrected chi connectivity index (χ4v) is 1.67. The fraction of sp³-hybridized carbons (Fsp3) is 0.467. The molecule has 1 aliphatic heterocycles. The van der Waals surface area contributed by atoms with Crippen LogP contribution in [-0.4, -0.2) is 6.61 Å². The molecular weight excluding hydrogens is 196 g/mol. The quantitative estimate of drug-likeness (QED) is 0.667. The minimum Gasteiger partial charge on any atom is -0.489 e. The van der Waals surface area contributed by atoms with Crippen molar-refractivity contribution >= 4 is 6.08 Å². The number of fused-ring (bicyclic) bond motifs is 1. The predicted octanol–water partition coefficient (Wildman–Crippen LogP) is 4.63. The van der Waals surface area contributed by atoms with Crippen molar-refractivity contribution in [1.82, 2.24) is 0 Å². The van der Waals surface area contributed by atoms with Crippen LogP contribution < -0.4 is 4.74 Å². The zero-order chi connectivity index (χ0) is 12.1.